The van der Waals surface area contributed by atoms with E-state index in [1.165, 1.54) is 15.3 Å². The SMILES string of the molecule is [O-][Cl+3]([O-])([O-])[O-].c1ccc(-c2c[n+]3ccccc3s2)cc1. The number of fused-ring (bicyclic) bond motifs is 1. The Morgan fingerprint density at radius 1 is 0.850 bits per heavy atom. The van der Waals surface area contributed by atoms with Crippen molar-refractivity contribution < 1.29 is 33.3 Å². The molecule has 2 aromatic heterocycles. The first-order valence-electron chi connectivity index (χ1n) is 5.50. The minimum atomic E-state index is -4.94. The van der Waals surface area contributed by atoms with Gasteiger partial charge in [-0.3, -0.25) is 0 Å². The average Bonchev–Trinajstić information content (AvgIpc) is 2.81. The summed E-state index contributed by atoms with van der Waals surface area (Å²) in [5.74, 6) is 0. The Balaban J connectivity index is 0.000000257. The van der Waals surface area contributed by atoms with Crippen LogP contribution in [0.1, 0.15) is 0 Å². The van der Waals surface area contributed by atoms with Crippen LogP contribution in [-0.4, -0.2) is 0 Å². The quantitative estimate of drug-likeness (QED) is 0.505. The molecule has 3 rings (SSSR count). The number of hydrogen-bond donors (Lipinski definition) is 0. The van der Waals surface area contributed by atoms with Gasteiger partial charge in [-0.15, -0.1) is 10.2 Å². The first-order chi connectivity index (χ1) is 9.43. The van der Waals surface area contributed by atoms with Crippen LogP contribution in [0.5, 0.6) is 0 Å². The maximum absolute atomic E-state index is 8.49. The molecule has 5 nitrogen and oxygen atoms in total. The van der Waals surface area contributed by atoms with Crippen molar-refractivity contribution in [3.63, 3.8) is 0 Å². The maximum Gasteiger partial charge on any atom is 0.267 e. The number of benzene rings is 1. The Hall–Kier alpha value is -1.54. The number of nitrogens with zero attached hydrogens (tertiary/aromatic N) is 1. The van der Waals surface area contributed by atoms with Gasteiger partial charge < -0.3 is 0 Å². The van der Waals surface area contributed by atoms with Crippen LogP contribution in [0, 0.1) is 10.2 Å². The van der Waals surface area contributed by atoms with Crippen molar-refractivity contribution in [1.82, 2.24) is 0 Å². The summed E-state index contributed by atoms with van der Waals surface area (Å²) >= 11 is 1.81. The Morgan fingerprint density at radius 3 is 2.05 bits per heavy atom. The molecule has 0 aliphatic rings. The van der Waals surface area contributed by atoms with Crippen LogP contribution >= 0.6 is 11.3 Å². The Labute approximate surface area is 121 Å². The third-order valence-electron chi connectivity index (χ3n) is 2.38. The topological polar surface area (TPSA) is 96.3 Å². The second kappa shape index (κ2) is 6.27. The van der Waals surface area contributed by atoms with Crippen molar-refractivity contribution in [1.29, 1.82) is 0 Å². The predicted octanol–water partition coefficient (Wildman–Crippen LogP) is -1.60. The van der Waals surface area contributed by atoms with Crippen molar-refractivity contribution in [2.45, 2.75) is 0 Å². The number of pyridine rings is 1. The van der Waals surface area contributed by atoms with Gasteiger partial charge in [0.15, 0.2) is 12.4 Å². The summed E-state index contributed by atoms with van der Waals surface area (Å²) in [6.07, 6.45) is 4.26. The highest BCUT2D eigenvalue weighted by Crippen LogP contribution is 2.24. The normalized spacial score (nSPS) is 11.0. The predicted molar refractivity (Wildman–Crippen MR) is 62.9 cm³/mol. The Kier molecular flexibility index (Phi) is 4.66. The van der Waals surface area contributed by atoms with Gasteiger partial charge in [-0.2, -0.15) is 4.40 Å². The van der Waals surface area contributed by atoms with Gasteiger partial charge in [-0.1, -0.05) is 41.7 Å². The number of hydrogen-bond acceptors (Lipinski definition) is 5. The summed E-state index contributed by atoms with van der Waals surface area (Å²) in [7, 11) is -4.94. The van der Waals surface area contributed by atoms with E-state index in [-0.39, 0.29) is 0 Å². The highest BCUT2D eigenvalue weighted by atomic mass is 35.7. The molecular formula is C13H10ClNO4S. The first-order valence-corrected chi connectivity index (χ1v) is 7.55. The van der Waals surface area contributed by atoms with E-state index >= 15 is 0 Å². The van der Waals surface area contributed by atoms with Crippen LogP contribution < -0.4 is 23.0 Å². The number of aromatic nitrogens is 1. The highest BCUT2D eigenvalue weighted by molar-refractivity contribution is 7.20. The fourth-order valence-electron chi connectivity index (χ4n) is 1.63. The lowest BCUT2D eigenvalue weighted by atomic mass is 10.2. The third-order valence-corrected chi connectivity index (χ3v) is 3.50. The lowest BCUT2D eigenvalue weighted by Crippen LogP contribution is -2.68. The number of rotatable bonds is 1. The largest absolute Gasteiger partial charge is 0.267 e. The van der Waals surface area contributed by atoms with Crippen molar-refractivity contribution >= 4 is 16.2 Å². The molecule has 0 unspecified atom stereocenters. The molecule has 0 spiro atoms. The van der Waals surface area contributed by atoms with Crippen LogP contribution in [0.4, 0.5) is 0 Å². The van der Waals surface area contributed by atoms with E-state index in [9.17, 15) is 0 Å². The number of halogens is 1. The van der Waals surface area contributed by atoms with Crippen LogP contribution in [0.15, 0.2) is 60.9 Å². The zero-order valence-corrected chi connectivity index (χ0v) is 11.7. The van der Waals surface area contributed by atoms with E-state index in [1.807, 2.05) is 17.4 Å². The van der Waals surface area contributed by atoms with Gasteiger partial charge >= 0.3 is 0 Å². The van der Waals surface area contributed by atoms with E-state index in [4.69, 9.17) is 18.6 Å². The van der Waals surface area contributed by atoms with Gasteiger partial charge in [0.05, 0.1) is 0 Å². The van der Waals surface area contributed by atoms with E-state index in [1.54, 1.807) is 0 Å². The van der Waals surface area contributed by atoms with Crippen LogP contribution in [0.25, 0.3) is 15.3 Å². The molecule has 3 aromatic rings. The lowest BCUT2D eigenvalue weighted by molar-refractivity contribution is -2.00. The Bertz CT molecular complexity index is 642. The minimum Gasteiger partial charge on any atom is -0.222 e. The molecule has 20 heavy (non-hydrogen) atoms. The van der Waals surface area contributed by atoms with E-state index in [0.29, 0.717) is 0 Å². The van der Waals surface area contributed by atoms with Crippen molar-refractivity contribution in [2.24, 2.45) is 0 Å². The summed E-state index contributed by atoms with van der Waals surface area (Å²) in [6.45, 7) is 0. The lowest BCUT2D eigenvalue weighted by Gasteiger charge is -2.17. The fraction of sp³-hybridized carbons (Fsp3) is 0. The van der Waals surface area contributed by atoms with Gasteiger partial charge in [0, 0.05) is 12.1 Å². The molecule has 104 valence electrons. The summed E-state index contributed by atoms with van der Waals surface area (Å²) in [6, 6.07) is 16.7. The van der Waals surface area contributed by atoms with Gasteiger partial charge in [-0.25, -0.2) is 18.6 Å². The zero-order valence-electron chi connectivity index (χ0n) is 10.1. The van der Waals surface area contributed by atoms with Gasteiger partial charge in [0.25, 0.3) is 4.83 Å². The molecule has 7 heteroatoms. The van der Waals surface area contributed by atoms with E-state index < -0.39 is 10.2 Å². The monoisotopic (exact) mass is 311 g/mol. The van der Waals surface area contributed by atoms with Crippen LogP contribution in [0.2, 0.25) is 0 Å². The van der Waals surface area contributed by atoms with Gasteiger partial charge in [0.2, 0.25) is 0 Å². The summed E-state index contributed by atoms with van der Waals surface area (Å²) in [5.41, 5.74) is 1.28. The first kappa shape index (κ1) is 14.9. The Morgan fingerprint density at radius 2 is 1.45 bits per heavy atom. The fourth-order valence-corrected chi connectivity index (χ4v) is 2.65. The molecule has 0 radical (unpaired) electrons. The molecule has 0 aliphatic heterocycles. The van der Waals surface area contributed by atoms with E-state index in [0.717, 1.165) is 0 Å². The maximum atomic E-state index is 8.49. The summed E-state index contributed by atoms with van der Waals surface area (Å²) in [4.78, 5) is 2.58. The molecule has 0 atom stereocenters. The van der Waals surface area contributed by atoms with E-state index in [2.05, 4.69) is 59.3 Å². The molecule has 0 N–H and O–H groups in total. The van der Waals surface area contributed by atoms with Crippen LogP contribution in [0.3, 0.4) is 0 Å². The minimum absolute atomic E-state index is 1.27. The second-order valence-electron chi connectivity index (χ2n) is 3.79. The molecule has 0 amide bonds. The molecule has 0 saturated heterocycles. The summed E-state index contributed by atoms with van der Waals surface area (Å²) in [5, 5.41) is 0. The van der Waals surface area contributed by atoms with Crippen molar-refractivity contribution in [3.8, 4) is 10.4 Å². The smallest absolute Gasteiger partial charge is 0.222 e. The molecule has 0 bridgehead atoms. The zero-order chi connectivity index (χ0) is 14.6. The molecule has 0 saturated carbocycles. The summed E-state index contributed by atoms with van der Waals surface area (Å²) < 4.78 is 36.1. The van der Waals surface area contributed by atoms with Gasteiger partial charge in [-0.05, 0) is 11.6 Å². The number of thiazole rings is 1. The van der Waals surface area contributed by atoms with Gasteiger partial charge in [0.1, 0.15) is 4.88 Å². The molecule has 0 aliphatic carbocycles. The molecular weight excluding hydrogens is 302 g/mol. The van der Waals surface area contributed by atoms with Crippen molar-refractivity contribution in [3.05, 3.63) is 60.9 Å². The average molecular weight is 312 g/mol. The standard InChI is InChI=1S/C13H10NS.ClHO4/c1-2-6-11(7-3-1)12-10-14-9-5-4-8-13(14)15-12;2-1(3,4)5/h1-10H;(H,2,3,4,5)/q+1;/p-1. The molecule has 0 fully saturated rings. The van der Waals surface area contributed by atoms with Crippen LogP contribution in [-0.2, 0) is 0 Å². The second-order valence-corrected chi connectivity index (χ2v) is 5.60. The third kappa shape index (κ3) is 4.53. The van der Waals surface area contributed by atoms with Crippen molar-refractivity contribution in [2.75, 3.05) is 0 Å². The highest BCUT2D eigenvalue weighted by Gasteiger charge is 2.09. The molecule has 2 heterocycles. The molecule has 1 aromatic carbocycles.